The van der Waals surface area contributed by atoms with E-state index in [4.69, 9.17) is 0 Å². The number of aromatic hydroxyl groups is 2. The molecule has 0 aliphatic heterocycles. The van der Waals surface area contributed by atoms with Crippen LogP contribution in [0.1, 0.15) is 52.6 Å². The first-order valence-corrected chi connectivity index (χ1v) is 15.9. The summed E-state index contributed by atoms with van der Waals surface area (Å²) in [5.74, 6) is -0.0832. The predicted octanol–water partition coefficient (Wildman–Crippen LogP) is 9.01. The molecule has 222 valence electrons. The molecule has 5 aliphatic rings. The molecule has 0 fully saturated rings. The van der Waals surface area contributed by atoms with Gasteiger partial charge in [0.1, 0.15) is 11.5 Å². The molecule has 5 aromatic rings. The molecule has 3 spiro atoms. The van der Waals surface area contributed by atoms with E-state index in [0.29, 0.717) is 12.8 Å². The largest absolute Gasteiger partial charge is 0.512 e. The zero-order valence-corrected chi connectivity index (χ0v) is 25.0. The molecule has 4 N–H and O–H groups in total. The molecule has 1 atom stereocenters. The Kier molecular flexibility index (Phi) is 4.72. The minimum Gasteiger partial charge on any atom is -0.512 e. The molecule has 4 heteroatoms. The van der Waals surface area contributed by atoms with Crippen LogP contribution in [0.5, 0.6) is 11.5 Å². The number of hydrogen-bond donors (Lipinski definition) is 4. The van der Waals surface area contributed by atoms with Gasteiger partial charge >= 0.3 is 0 Å². The van der Waals surface area contributed by atoms with Crippen LogP contribution >= 0.6 is 0 Å². The van der Waals surface area contributed by atoms with E-state index in [2.05, 4.69) is 97.1 Å². The molecule has 0 aromatic heterocycles. The first-order valence-electron chi connectivity index (χ1n) is 15.9. The molecule has 4 nitrogen and oxygen atoms in total. The molecule has 5 aliphatic carbocycles. The summed E-state index contributed by atoms with van der Waals surface area (Å²) < 4.78 is 0. The number of phenols is 2. The fraction of sp³-hybridized carbons (Fsp3) is 0.143. The van der Waals surface area contributed by atoms with E-state index in [1.165, 1.54) is 44.5 Å². The Morgan fingerprint density at radius 1 is 0.413 bits per heavy atom. The normalized spacial score (nSPS) is 21.7. The fourth-order valence-electron chi connectivity index (χ4n) is 10.1. The number of aliphatic hydroxyl groups excluding tert-OH is 2. The minimum absolute atomic E-state index is 0.0486. The summed E-state index contributed by atoms with van der Waals surface area (Å²) in [6.07, 6.45) is 5.09. The average Bonchev–Trinajstić information content (AvgIpc) is 3.66. The maximum Gasteiger partial charge on any atom is 0.157 e. The zero-order chi connectivity index (χ0) is 31.0. The lowest BCUT2D eigenvalue weighted by molar-refractivity contribution is 0.338. The minimum atomic E-state index is -0.694. The predicted molar refractivity (Wildman–Crippen MR) is 178 cm³/mol. The molecular formula is C42H30O4. The van der Waals surface area contributed by atoms with Gasteiger partial charge in [0.25, 0.3) is 0 Å². The van der Waals surface area contributed by atoms with Gasteiger partial charge in [0.2, 0.25) is 0 Å². The molecule has 5 aromatic carbocycles. The number of aliphatic hydroxyl groups is 2. The van der Waals surface area contributed by atoms with E-state index in [1.54, 1.807) is 12.1 Å². The van der Waals surface area contributed by atoms with Gasteiger partial charge in [-0.3, -0.25) is 0 Å². The van der Waals surface area contributed by atoms with Crippen molar-refractivity contribution < 1.29 is 20.4 Å². The van der Waals surface area contributed by atoms with Crippen LogP contribution in [0.2, 0.25) is 0 Å². The van der Waals surface area contributed by atoms with Crippen molar-refractivity contribution in [3.05, 3.63) is 177 Å². The van der Waals surface area contributed by atoms with Gasteiger partial charge in [0.15, 0.2) is 11.5 Å². The van der Waals surface area contributed by atoms with Crippen molar-refractivity contribution in [3.8, 4) is 33.8 Å². The molecule has 0 amide bonds. The summed E-state index contributed by atoms with van der Waals surface area (Å²) in [5.41, 5.74) is 11.3. The van der Waals surface area contributed by atoms with Crippen LogP contribution in [0.4, 0.5) is 0 Å². The number of benzene rings is 5. The van der Waals surface area contributed by atoms with Crippen molar-refractivity contribution in [2.75, 3.05) is 0 Å². The molecule has 0 saturated heterocycles. The Hall–Kier alpha value is -5.48. The summed E-state index contributed by atoms with van der Waals surface area (Å²) in [7, 11) is 0. The van der Waals surface area contributed by atoms with Crippen LogP contribution in [0, 0.1) is 0 Å². The lowest BCUT2D eigenvalue weighted by Crippen LogP contribution is -2.33. The van der Waals surface area contributed by atoms with Crippen LogP contribution in [-0.4, -0.2) is 20.4 Å². The number of phenolic OH excluding ortho intramolecular Hbond substituents is 2. The number of allylic oxidation sites excluding steroid dienone is 4. The molecule has 1 unspecified atom stereocenters. The topological polar surface area (TPSA) is 80.9 Å². The Morgan fingerprint density at radius 3 is 1.30 bits per heavy atom. The van der Waals surface area contributed by atoms with Crippen molar-refractivity contribution in [2.45, 2.75) is 35.5 Å². The molecule has 0 saturated carbocycles. The third-order valence-electron chi connectivity index (χ3n) is 11.6. The maximum atomic E-state index is 11.3. The van der Waals surface area contributed by atoms with Crippen molar-refractivity contribution in [2.24, 2.45) is 0 Å². The maximum absolute atomic E-state index is 11.3. The van der Waals surface area contributed by atoms with Gasteiger partial charge in [-0.25, -0.2) is 0 Å². The van der Waals surface area contributed by atoms with Crippen LogP contribution < -0.4 is 0 Å². The van der Waals surface area contributed by atoms with Crippen molar-refractivity contribution in [1.29, 1.82) is 0 Å². The van der Waals surface area contributed by atoms with Gasteiger partial charge in [-0.1, -0.05) is 97.1 Å². The van der Waals surface area contributed by atoms with E-state index >= 15 is 0 Å². The second kappa shape index (κ2) is 8.41. The second-order valence-corrected chi connectivity index (χ2v) is 13.6. The third-order valence-corrected chi connectivity index (χ3v) is 11.6. The smallest absolute Gasteiger partial charge is 0.157 e. The molecule has 46 heavy (non-hydrogen) atoms. The van der Waals surface area contributed by atoms with E-state index in [9.17, 15) is 20.4 Å². The summed E-state index contributed by atoms with van der Waals surface area (Å²) in [6.45, 7) is 0. The Labute approximate surface area is 266 Å². The summed E-state index contributed by atoms with van der Waals surface area (Å²) in [6, 6.07) is 37.7. The van der Waals surface area contributed by atoms with Crippen LogP contribution in [0.3, 0.4) is 0 Å². The summed E-state index contributed by atoms with van der Waals surface area (Å²) >= 11 is 0. The summed E-state index contributed by atoms with van der Waals surface area (Å²) in [4.78, 5) is 0. The van der Waals surface area contributed by atoms with Gasteiger partial charge in [0, 0.05) is 16.2 Å². The highest BCUT2D eigenvalue weighted by Gasteiger charge is 2.66. The molecule has 0 bridgehead atoms. The van der Waals surface area contributed by atoms with Gasteiger partial charge in [-0.05, 0) is 104 Å². The first kappa shape index (κ1) is 25.8. The quantitative estimate of drug-likeness (QED) is 0.134. The van der Waals surface area contributed by atoms with E-state index in [1.807, 2.05) is 12.2 Å². The highest BCUT2D eigenvalue weighted by Crippen LogP contribution is 2.73. The van der Waals surface area contributed by atoms with Crippen LogP contribution in [-0.2, 0) is 16.2 Å². The van der Waals surface area contributed by atoms with E-state index < -0.39 is 16.2 Å². The van der Waals surface area contributed by atoms with Gasteiger partial charge in [-0.2, -0.15) is 0 Å². The zero-order valence-electron chi connectivity index (χ0n) is 25.0. The molecular weight excluding hydrogens is 568 g/mol. The highest BCUT2D eigenvalue weighted by molar-refractivity contribution is 5.89. The Bertz CT molecular complexity index is 2210. The van der Waals surface area contributed by atoms with E-state index in [-0.39, 0.29) is 29.4 Å². The van der Waals surface area contributed by atoms with E-state index in [0.717, 1.165) is 22.3 Å². The Balaban J connectivity index is 1.37. The SMILES string of the molecule is OC1=CC2=C(C=C(O)C1)C1(CC23CC2(c4ccccc4-c4ccccc42)c2cc(O)c(O)cc23)c2ccccc2-c2ccccc21. The number of hydrogen-bond acceptors (Lipinski definition) is 4. The number of fused-ring (bicyclic) bond motifs is 15. The van der Waals surface area contributed by atoms with Gasteiger partial charge in [0.05, 0.1) is 6.42 Å². The van der Waals surface area contributed by atoms with Crippen LogP contribution in [0.15, 0.2) is 144 Å². The van der Waals surface area contributed by atoms with Crippen molar-refractivity contribution >= 4 is 0 Å². The van der Waals surface area contributed by atoms with Gasteiger partial charge < -0.3 is 20.4 Å². The molecule has 10 rings (SSSR count). The highest BCUT2D eigenvalue weighted by atomic mass is 16.3. The number of rotatable bonds is 0. The first-order chi connectivity index (χ1) is 22.4. The van der Waals surface area contributed by atoms with Crippen molar-refractivity contribution in [1.82, 2.24) is 0 Å². The monoisotopic (exact) mass is 598 g/mol. The second-order valence-electron chi connectivity index (χ2n) is 13.6. The lowest BCUT2D eigenvalue weighted by atomic mass is 9.65. The Morgan fingerprint density at radius 2 is 0.804 bits per heavy atom. The standard InChI is InChI=1S/C42H30O4/c43-24-17-25(44)19-36-34(18-24)40(22-41(36)30-13-5-1-9-26(30)27-10-2-6-14-31(27)41)23-42(37-21-39(46)38(45)20-35(37)40)32-15-7-3-11-28(32)29-12-4-8-16-33(29)42/h1-16,18-21,43-46H,17,22-23H2. The average molecular weight is 599 g/mol. The van der Waals surface area contributed by atoms with Crippen molar-refractivity contribution in [3.63, 3.8) is 0 Å². The summed E-state index contributed by atoms with van der Waals surface area (Å²) in [5, 5.41) is 44.9. The van der Waals surface area contributed by atoms with Gasteiger partial charge in [-0.15, -0.1) is 0 Å². The third kappa shape index (κ3) is 2.83. The molecule has 0 radical (unpaired) electrons. The lowest BCUT2D eigenvalue weighted by Gasteiger charge is -2.36. The van der Waals surface area contributed by atoms with Crippen LogP contribution in [0.25, 0.3) is 22.3 Å². The molecule has 0 heterocycles. The fourth-order valence-corrected chi connectivity index (χ4v) is 10.1.